The minimum atomic E-state index is -1.21. The highest BCUT2D eigenvalue weighted by molar-refractivity contribution is 6.31. The van der Waals surface area contributed by atoms with Gasteiger partial charge >= 0.3 is 5.97 Å². The fraction of sp³-hybridized carbons (Fsp3) is 0.459. The number of ether oxygens (including phenoxy) is 1. The Balaban J connectivity index is 1.69. The van der Waals surface area contributed by atoms with E-state index in [0.717, 1.165) is 25.9 Å². The molecule has 2 fully saturated rings. The van der Waals surface area contributed by atoms with Crippen LogP contribution < -0.4 is 26.0 Å². The van der Waals surface area contributed by atoms with Gasteiger partial charge in [0.15, 0.2) is 0 Å². The molecule has 3 aromatic carbocycles. The smallest absolute Gasteiger partial charge is 0.335 e. The van der Waals surface area contributed by atoms with Crippen molar-refractivity contribution in [3.05, 3.63) is 93.0 Å². The Bertz CT molecular complexity index is 1680. The van der Waals surface area contributed by atoms with E-state index in [1.807, 2.05) is 0 Å². The van der Waals surface area contributed by atoms with Crippen LogP contribution in [0.3, 0.4) is 0 Å². The molecule has 0 bridgehead atoms. The molecule has 3 aromatic rings. The molecule has 5 rings (SSSR count). The number of anilines is 1. The number of carbonyl (C=O) groups is 2. The van der Waals surface area contributed by atoms with Gasteiger partial charge in [0.2, 0.25) is 5.91 Å². The van der Waals surface area contributed by atoms with Gasteiger partial charge in [-0.25, -0.2) is 13.6 Å². The highest BCUT2D eigenvalue weighted by atomic mass is 35.5. The van der Waals surface area contributed by atoms with Crippen molar-refractivity contribution in [1.82, 2.24) is 16.0 Å². The first-order valence-electron chi connectivity index (χ1n) is 16.5. The van der Waals surface area contributed by atoms with Gasteiger partial charge in [-0.2, -0.15) is 0 Å². The second kappa shape index (κ2) is 15.3. The number of rotatable bonds is 11. The van der Waals surface area contributed by atoms with Crippen molar-refractivity contribution in [2.24, 2.45) is 11.3 Å². The molecule has 12 heteroatoms. The topological polar surface area (TPSA) is 112 Å². The molecule has 0 unspecified atom stereocenters. The molecule has 0 aliphatic carbocycles. The Morgan fingerprint density at radius 1 is 1.06 bits per heavy atom. The molecule has 2 aliphatic heterocycles. The summed E-state index contributed by atoms with van der Waals surface area (Å²) in [6, 6.07) is 11.7. The molecular formula is C37H44Cl2F2N4O4. The van der Waals surface area contributed by atoms with Crippen molar-refractivity contribution in [1.29, 1.82) is 0 Å². The van der Waals surface area contributed by atoms with Crippen LogP contribution in [0.2, 0.25) is 10.0 Å². The Labute approximate surface area is 296 Å². The average molecular weight is 718 g/mol. The maximum absolute atomic E-state index is 16.4. The normalized spacial score (nSPS) is 23.0. The fourth-order valence-electron chi connectivity index (χ4n) is 7.53. The molecule has 0 radical (unpaired) electrons. The van der Waals surface area contributed by atoms with Crippen LogP contribution in [0.25, 0.3) is 0 Å². The predicted molar refractivity (Wildman–Crippen MR) is 189 cm³/mol. The number of nitrogens with one attached hydrogen (secondary N) is 4. The first-order valence-corrected chi connectivity index (χ1v) is 17.3. The third kappa shape index (κ3) is 8.05. The molecule has 49 heavy (non-hydrogen) atoms. The van der Waals surface area contributed by atoms with Crippen LogP contribution in [0, 0.1) is 23.0 Å². The van der Waals surface area contributed by atoms with Crippen molar-refractivity contribution in [2.45, 2.75) is 63.5 Å². The summed E-state index contributed by atoms with van der Waals surface area (Å²) in [5.41, 5.74) is -0.812. The highest BCUT2D eigenvalue weighted by Gasteiger charge is 2.60. The molecule has 0 spiro atoms. The predicted octanol–water partition coefficient (Wildman–Crippen LogP) is 7.00. The van der Waals surface area contributed by atoms with Crippen LogP contribution in [-0.4, -0.2) is 62.4 Å². The summed E-state index contributed by atoms with van der Waals surface area (Å²) in [4.78, 5) is 26.1. The van der Waals surface area contributed by atoms with Crippen LogP contribution in [0.1, 0.15) is 67.4 Å². The zero-order valence-corrected chi connectivity index (χ0v) is 29.7. The maximum atomic E-state index is 16.4. The number of halogens is 4. The van der Waals surface area contributed by atoms with E-state index >= 15 is 8.78 Å². The standard InChI is InChI=1S/C37H44Cl2F2N4O4/c1-36(2,3)18-30-37(25-10-9-23(38)17-27(25)40,20-43-19-21-12-14-42-15-13-21)31(24-6-5-7-26(39)32(24)41)33(45-30)34(46)44-28-11-8-22(35(47)48)16-29(28)49-4/h5-11,16-17,21,30-31,33,42-43,45H,12-15,18-20H2,1-4H3,(H,44,46)(H,47,48)/t30-,31-,33+,37-/m0/s1. The van der Waals surface area contributed by atoms with Crippen LogP contribution >= 0.6 is 23.2 Å². The van der Waals surface area contributed by atoms with Gasteiger partial charge < -0.3 is 31.1 Å². The number of hydrogen-bond acceptors (Lipinski definition) is 6. The van der Waals surface area contributed by atoms with Crippen molar-refractivity contribution in [2.75, 3.05) is 38.6 Å². The number of carbonyl (C=O) groups excluding carboxylic acids is 1. The first-order chi connectivity index (χ1) is 23.2. The number of methoxy groups -OCH3 is 1. The quantitative estimate of drug-likeness (QED) is 0.145. The van der Waals surface area contributed by atoms with E-state index in [4.69, 9.17) is 27.9 Å². The lowest BCUT2D eigenvalue weighted by Gasteiger charge is -2.43. The monoisotopic (exact) mass is 716 g/mol. The van der Waals surface area contributed by atoms with Crippen molar-refractivity contribution < 1.29 is 28.2 Å². The number of carboxylic acids is 1. The molecular weight excluding hydrogens is 673 g/mol. The lowest BCUT2D eigenvalue weighted by molar-refractivity contribution is -0.118. The van der Waals surface area contributed by atoms with Gasteiger partial charge in [-0.05, 0) is 97.8 Å². The van der Waals surface area contributed by atoms with Gasteiger partial charge in [0, 0.05) is 28.9 Å². The number of piperidine rings is 1. The van der Waals surface area contributed by atoms with E-state index in [0.29, 0.717) is 24.4 Å². The Kier molecular flexibility index (Phi) is 11.6. The number of hydrogen-bond donors (Lipinski definition) is 5. The zero-order valence-electron chi connectivity index (χ0n) is 28.1. The van der Waals surface area contributed by atoms with Gasteiger partial charge in [0.25, 0.3) is 0 Å². The number of amides is 1. The van der Waals surface area contributed by atoms with Gasteiger partial charge in [-0.15, -0.1) is 0 Å². The van der Waals surface area contributed by atoms with Crippen molar-refractivity contribution in [3.63, 3.8) is 0 Å². The molecule has 0 aromatic heterocycles. The second-order valence-electron chi connectivity index (χ2n) is 14.3. The highest BCUT2D eigenvalue weighted by Crippen LogP contribution is 2.53. The van der Waals surface area contributed by atoms with Gasteiger partial charge in [-0.3, -0.25) is 4.79 Å². The van der Waals surface area contributed by atoms with Gasteiger partial charge in [-0.1, -0.05) is 62.2 Å². The summed E-state index contributed by atoms with van der Waals surface area (Å²) >= 11 is 12.7. The van der Waals surface area contributed by atoms with Crippen molar-refractivity contribution >= 4 is 40.8 Å². The molecule has 5 N–H and O–H groups in total. The van der Waals surface area contributed by atoms with Crippen LogP contribution in [-0.2, 0) is 10.2 Å². The molecule has 2 heterocycles. The minimum Gasteiger partial charge on any atom is -0.495 e. The largest absolute Gasteiger partial charge is 0.495 e. The Hall–Kier alpha value is -3.28. The molecule has 264 valence electrons. The number of carboxylic acid groups (broad SMARTS) is 1. The number of benzene rings is 3. The summed E-state index contributed by atoms with van der Waals surface area (Å²) in [7, 11) is 1.37. The molecule has 0 saturated carbocycles. The SMILES string of the molecule is COc1cc(C(=O)O)ccc1NC(=O)[C@@H]1N[C@@H](CC(C)(C)C)[C@](CNCC2CCNCC2)(c2ccc(Cl)cc2F)[C@H]1c1cccc(Cl)c1F. The average Bonchev–Trinajstić information content (AvgIpc) is 3.35. The third-order valence-electron chi connectivity index (χ3n) is 9.75. The summed E-state index contributed by atoms with van der Waals surface area (Å²) < 4.78 is 38.2. The summed E-state index contributed by atoms with van der Waals surface area (Å²) in [5, 5.41) is 23.1. The Morgan fingerprint density at radius 2 is 1.80 bits per heavy atom. The van der Waals surface area contributed by atoms with E-state index < -0.39 is 46.9 Å². The van der Waals surface area contributed by atoms with E-state index in [2.05, 4.69) is 42.0 Å². The van der Waals surface area contributed by atoms with Crippen molar-refractivity contribution in [3.8, 4) is 5.75 Å². The molecule has 1 amide bonds. The van der Waals surface area contributed by atoms with Gasteiger partial charge in [0.05, 0.1) is 29.4 Å². The summed E-state index contributed by atoms with van der Waals surface area (Å²) in [6.07, 6.45) is 2.47. The maximum Gasteiger partial charge on any atom is 0.335 e. The van der Waals surface area contributed by atoms with E-state index in [-0.39, 0.29) is 44.6 Å². The van der Waals surface area contributed by atoms with E-state index in [9.17, 15) is 14.7 Å². The van der Waals surface area contributed by atoms with Gasteiger partial charge in [0.1, 0.15) is 17.4 Å². The molecule has 8 nitrogen and oxygen atoms in total. The fourth-order valence-corrected chi connectivity index (χ4v) is 7.87. The second-order valence-corrected chi connectivity index (χ2v) is 15.1. The lowest BCUT2D eigenvalue weighted by Crippen LogP contribution is -2.52. The molecule has 2 saturated heterocycles. The zero-order chi connectivity index (χ0) is 35.5. The van der Waals surface area contributed by atoms with Crippen LogP contribution in [0.5, 0.6) is 5.75 Å². The first kappa shape index (κ1) is 37.0. The van der Waals surface area contributed by atoms with E-state index in [1.165, 1.54) is 37.4 Å². The minimum absolute atomic E-state index is 0.0185. The van der Waals surface area contributed by atoms with E-state index in [1.54, 1.807) is 24.3 Å². The molecule has 4 atom stereocenters. The third-order valence-corrected chi connectivity index (χ3v) is 10.3. The van der Waals surface area contributed by atoms with Crippen LogP contribution in [0.4, 0.5) is 14.5 Å². The lowest BCUT2D eigenvalue weighted by atomic mass is 9.61. The Morgan fingerprint density at radius 3 is 2.45 bits per heavy atom. The summed E-state index contributed by atoms with van der Waals surface area (Å²) in [5.74, 6) is -3.35. The van der Waals surface area contributed by atoms with Crippen LogP contribution in [0.15, 0.2) is 54.6 Å². The molecule has 2 aliphatic rings. The summed E-state index contributed by atoms with van der Waals surface area (Å²) in [6.45, 7) is 8.90. The number of aromatic carboxylic acids is 1.